The van der Waals surface area contributed by atoms with Crippen molar-refractivity contribution in [3.05, 3.63) is 0 Å². The Balaban J connectivity index is 3.88. The van der Waals surface area contributed by atoms with Crippen LogP contribution in [0.5, 0.6) is 0 Å². The number of hydrogen-bond acceptors (Lipinski definition) is 3. The van der Waals surface area contributed by atoms with Crippen LogP contribution >= 0.6 is 0 Å². The number of azo groups is 1. The fraction of sp³-hybridized carbons (Fsp3) is 1.00. The third-order valence-electron chi connectivity index (χ3n) is 1.78. The lowest BCUT2D eigenvalue weighted by Gasteiger charge is -2.19. The largest absolute Gasteiger partial charge is 0.368 e. The van der Waals surface area contributed by atoms with E-state index in [1.165, 1.54) is 0 Å². The molecule has 0 amide bonds. The molecule has 0 aromatic heterocycles. The van der Waals surface area contributed by atoms with Crippen LogP contribution in [0.25, 0.3) is 0 Å². The average Bonchev–Trinajstić information content (AvgIpc) is 2.02. The molecule has 0 aromatic rings. The van der Waals surface area contributed by atoms with Crippen molar-refractivity contribution in [2.75, 3.05) is 7.05 Å². The maximum absolute atomic E-state index is 9.69. The zero-order valence-electron chi connectivity index (χ0n) is 7.67. The van der Waals surface area contributed by atoms with Gasteiger partial charge in [-0.3, -0.25) is 0 Å². The van der Waals surface area contributed by atoms with E-state index in [1.54, 1.807) is 7.05 Å². The molecule has 0 rings (SSSR count). The van der Waals surface area contributed by atoms with Gasteiger partial charge in [0.1, 0.15) is 0 Å². The van der Waals surface area contributed by atoms with Crippen LogP contribution in [0.3, 0.4) is 0 Å². The molecule has 0 radical (unpaired) electrons. The van der Waals surface area contributed by atoms with Crippen molar-refractivity contribution in [1.82, 2.24) is 0 Å². The third kappa shape index (κ3) is 4.09. The number of hydrogen-bond donors (Lipinski definition) is 1. The van der Waals surface area contributed by atoms with Gasteiger partial charge in [0, 0.05) is 7.05 Å². The fourth-order valence-corrected chi connectivity index (χ4v) is 0.944. The molecule has 66 valence electrons. The lowest BCUT2D eigenvalue weighted by Crippen LogP contribution is -2.23. The summed E-state index contributed by atoms with van der Waals surface area (Å²) in [5.41, 5.74) is -0.898. The van der Waals surface area contributed by atoms with E-state index < -0.39 is 5.72 Å². The van der Waals surface area contributed by atoms with Crippen LogP contribution in [0.15, 0.2) is 10.2 Å². The van der Waals surface area contributed by atoms with Crippen molar-refractivity contribution in [3.63, 3.8) is 0 Å². The second-order valence-electron chi connectivity index (χ2n) is 2.74. The number of aliphatic hydroxyl groups is 1. The highest BCUT2D eigenvalue weighted by molar-refractivity contribution is 4.70. The Morgan fingerprint density at radius 2 is 2.00 bits per heavy atom. The topological polar surface area (TPSA) is 45.0 Å². The normalized spacial score (nSPS) is 17.1. The molecule has 1 N–H and O–H groups in total. The minimum Gasteiger partial charge on any atom is -0.368 e. The summed E-state index contributed by atoms with van der Waals surface area (Å²) in [5, 5.41) is 17.1. The van der Waals surface area contributed by atoms with Crippen LogP contribution in [0.4, 0.5) is 0 Å². The summed E-state index contributed by atoms with van der Waals surface area (Å²) in [6, 6.07) is 0. The van der Waals surface area contributed by atoms with Crippen molar-refractivity contribution >= 4 is 0 Å². The molecule has 0 aromatic carbocycles. The molecule has 1 atom stereocenters. The molecule has 0 aliphatic heterocycles. The summed E-state index contributed by atoms with van der Waals surface area (Å²) < 4.78 is 0. The van der Waals surface area contributed by atoms with Crippen molar-refractivity contribution in [3.8, 4) is 0 Å². The van der Waals surface area contributed by atoms with Crippen molar-refractivity contribution < 1.29 is 5.11 Å². The maximum atomic E-state index is 9.69. The fourth-order valence-electron chi connectivity index (χ4n) is 0.944. The third-order valence-corrected chi connectivity index (χ3v) is 1.78. The molecule has 0 fully saturated rings. The van der Waals surface area contributed by atoms with Gasteiger partial charge >= 0.3 is 0 Å². The summed E-state index contributed by atoms with van der Waals surface area (Å²) in [5.74, 6) is 0. The molecule has 0 saturated heterocycles. The van der Waals surface area contributed by atoms with E-state index in [0.29, 0.717) is 6.42 Å². The van der Waals surface area contributed by atoms with Gasteiger partial charge in [-0.15, -0.1) is 0 Å². The smallest absolute Gasteiger partial charge is 0.175 e. The van der Waals surface area contributed by atoms with Gasteiger partial charge in [-0.25, -0.2) is 0 Å². The van der Waals surface area contributed by atoms with Crippen LogP contribution in [0.2, 0.25) is 0 Å². The van der Waals surface area contributed by atoms with E-state index in [9.17, 15) is 5.11 Å². The van der Waals surface area contributed by atoms with E-state index in [0.717, 1.165) is 19.3 Å². The van der Waals surface area contributed by atoms with Crippen molar-refractivity contribution in [2.24, 2.45) is 10.2 Å². The second-order valence-corrected chi connectivity index (χ2v) is 2.74. The zero-order chi connectivity index (χ0) is 8.74. The first-order valence-corrected chi connectivity index (χ1v) is 4.22. The minimum absolute atomic E-state index is 0.643. The standard InChI is InChI=1S/C8H18N2O/c1-4-6-7-8(11,5-2)10-9-3/h11H,4-7H2,1-3H3. The predicted molar refractivity (Wildman–Crippen MR) is 45.5 cm³/mol. The predicted octanol–water partition coefficient (Wildman–Crippen LogP) is 2.36. The molecule has 0 bridgehead atoms. The van der Waals surface area contributed by atoms with Gasteiger partial charge < -0.3 is 5.11 Å². The quantitative estimate of drug-likeness (QED) is 0.613. The highest BCUT2D eigenvalue weighted by Gasteiger charge is 2.22. The average molecular weight is 158 g/mol. The summed E-state index contributed by atoms with van der Waals surface area (Å²) in [6.45, 7) is 4.02. The highest BCUT2D eigenvalue weighted by atomic mass is 16.3. The Kier molecular flexibility index (Phi) is 5.03. The molecule has 0 heterocycles. The SMILES string of the molecule is CCCCC(O)(CC)N=NC. The molecule has 0 aliphatic carbocycles. The first-order chi connectivity index (χ1) is 5.18. The van der Waals surface area contributed by atoms with Crippen molar-refractivity contribution in [2.45, 2.75) is 45.3 Å². The maximum Gasteiger partial charge on any atom is 0.175 e. The number of nitrogens with zero attached hydrogens (tertiary/aromatic N) is 2. The lowest BCUT2D eigenvalue weighted by atomic mass is 10.0. The van der Waals surface area contributed by atoms with Crippen molar-refractivity contribution in [1.29, 1.82) is 0 Å². The van der Waals surface area contributed by atoms with Gasteiger partial charge in [0.05, 0.1) is 0 Å². The first kappa shape index (κ1) is 10.6. The summed E-state index contributed by atoms with van der Waals surface area (Å²) in [6.07, 6.45) is 3.45. The first-order valence-electron chi connectivity index (χ1n) is 4.22. The van der Waals surface area contributed by atoms with Gasteiger partial charge in [-0.05, 0) is 19.3 Å². The second kappa shape index (κ2) is 5.24. The molecular weight excluding hydrogens is 140 g/mol. The molecule has 1 unspecified atom stereocenters. The molecule has 3 heteroatoms. The van der Waals surface area contributed by atoms with Crippen LogP contribution in [0, 0.1) is 0 Å². The summed E-state index contributed by atoms with van der Waals surface area (Å²) >= 11 is 0. The molecular formula is C8H18N2O. The van der Waals surface area contributed by atoms with E-state index >= 15 is 0 Å². The van der Waals surface area contributed by atoms with Gasteiger partial charge in [0.2, 0.25) is 0 Å². The van der Waals surface area contributed by atoms with Crippen LogP contribution in [-0.2, 0) is 0 Å². The monoisotopic (exact) mass is 158 g/mol. The molecule has 0 spiro atoms. The van der Waals surface area contributed by atoms with Crippen LogP contribution in [0.1, 0.15) is 39.5 Å². The number of rotatable bonds is 5. The molecule has 0 saturated carbocycles. The lowest BCUT2D eigenvalue weighted by molar-refractivity contribution is 0.0270. The van der Waals surface area contributed by atoms with Gasteiger partial charge in [0.15, 0.2) is 5.72 Å². The molecule has 11 heavy (non-hydrogen) atoms. The highest BCUT2D eigenvalue weighted by Crippen LogP contribution is 2.19. The van der Waals surface area contributed by atoms with Gasteiger partial charge in [-0.1, -0.05) is 20.3 Å². The van der Waals surface area contributed by atoms with E-state index in [4.69, 9.17) is 0 Å². The minimum atomic E-state index is -0.898. The van der Waals surface area contributed by atoms with Crippen LogP contribution in [-0.4, -0.2) is 17.9 Å². The van der Waals surface area contributed by atoms with E-state index in [-0.39, 0.29) is 0 Å². The van der Waals surface area contributed by atoms with E-state index in [1.807, 2.05) is 6.92 Å². The Bertz CT molecular complexity index is 125. The van der Waals surface area contributed by atoms with Gasteiger partial charge in [-0.2, -0.15) is 10.2 Å². The zero-order valence-corrected chi connectivity index (χ0v) is 7.67. The Morgan fingerprint density at radius 3 is 2.36 bits per heavy atom. The Hall–Kier alpha value is -0.440. The van der Waals surface area contributed by atoms with E-state index in [2.05, 4.69) is 17.2 Å². The molecule has 3 nitrogen and oxygen atoms in total. The summed E-state index contributed by atoms with van der Waals surface area (Å²) in [4.78, 5) is 0. The Labute approximate surface area is 68.5 Å². The molecule has 0 aliphatic rings. The van der Waals surface area contributed by atoms with Gasteiger partial charge in [0.25, 0.3) is 0 Å². The Morgan fingerprint density at radius 1 is 1.36 bits per heavy atom. The summed E-state index contributed by atoms with van der Waals surface area (Å²) in [7, 11) is 1.59. The van der Waals surface area contributed by atoms with Crippen LogP contribution < -0.4 is 0 Å². The number of unbranched alkanes of at least 4 members (excludes halogenated alkanes) is 1.